The SMILES string of the molecule is O=S(=O)([O-])c1nc2c(c(-c3ccccc3)cc3cccnc32)c(-c2ccccc2)c1S(=O)(=O)[O-].[Na+].[Na+]. The zero-order chi connectivity index (χ0) is 24.1. The summed E-state index contributed by atoms with van der Waals surface area (Å²) in [5, 5.41) is -0.552. The van der Waals surface area contributed by atoms with Gasteiger partial charge in [0.2, 0.25) is 0 Å². The number of nitrogens with zero attached hydrogens (tertiary/aromatic N) is 2. The van der Waals surface area contributed by atoms with Gasteiger partial charge in [0.25, 0.3) is 0 Å². The van der Waals surface area contributed by atoms with Gasteiger partial charge in [-0.1, -0.05) is 66.7 Å². The minimum atomic E-state index is -5.45. The quantitative estimate of drug-likeness (QED) is 0.145. The Morgan fingerprint density at radius 2 is 1.25 bits per heavy atom. The van der Waals surface area contributed by atoms with E-state index in [0.29, 0.717) is 16.5 Å². The van der Waals surface area contributed by atoms with Crippen molar-refractivity contribution in [1.82, 2.24) is 9.97 Å². The largest absolute Gasteiger partial charge is 1.00 e. The van der Waals surface area contributed by atoms with Gasteiger partial charge in [-0.3, -0.25) is 4.98 Å². The number of aromatic nitrogens is 2. The molecule has 8 nitrogen and oxygen atoms in total. The van der Waals surface area contributed by atoms with Crippen LogP contribution < -0.4 is 59.1 Å². The van der Waals surface area contributed by atoms with Gasteiger partial charge in [-0.15, -0.1) is 0 Å². The van der Waals surface area contributed by atoms with Crippen LogP contribution in [0.3, 0.4) is 0 Å². The molecule has 0 aliphatic heterocycles. The summed E-state index contributed by atoms with van der Waals surface area (Å²) in [5.74, 6) is 0. The first kappa shape index (κ1) is 28.9. The fourth-order valence-corrected chi connectivity index (χ4v) is 5.94. The first-order valence-corrected chi connectivity index (χ1v) is 12.8. The first-order valence-electron chi connectivity index (χ1n) is 9.94. The van der Waals surface area contributed by atoms with Gasteiger partial charge >= 0.3 is 59.1 Å². The summed E-state index contributed by atoms with van der Waals surface area (Å²) in [7, 11) is -10.9. The Morgan fingerprint density at radius 1 is 0.667 bits per heavy atom. The van der Waals surface area contributed by atoms with Crippen LogP contribution in [0.4, 0.5) is 0 Å². The van der Waals surface area contributed by atoms with Gasteiger partial charge in [-0.05, 0) is 28.8 Å². The molecular formula is C24H14N2Na2O6S2. The Balaban J connectivity index is 0.00000180. The predicted molar refractivity (Wildman–Crippen MR) is 124 cm³/mol. The number of pyridine rings is 2. The monoisotopic (exact) mass is 536 g/mol. The Bertz CT molecular complexity index is 1800. The first-order chi connectivity index (χ1) is 16.2. The van der Waals surface area contributed by atoms with Crippen molar-refractivity contribution in [3.05, 3.63) is 85.1 Å². The van der Waals surface area contributed by atoms with Gasteiger partial charge in [-0.2, -0.15) is 0 Å². The van der Waals surface area contributed by atoms with E-state index in [4.69, 9.17) is 0 Å². The molecule has 0 unspecified atom stereocenters. The third kappa shape index (κ3) is 5.30. The summed E-state index contributed by atoms with van der Waals surface area (Å²) in [6.45, 7) is 0. The molecule has 2 aromatic heterocycles. The van der Waals surface area contributed by atoms with E-state index in [1.54, 1.807) is 66.7 Å². The number of rotatable bonds is 4. The molecule has 12 heteroatoms. The Kier molecular flexibility index (Phi) is 8.79. The number of hydrogen-bond donors (Lipinski definition) is 0. The molecule has 5 rings (SSSR count). The Labute approximate surface area is 251 Å². The van der Waals surface area contributed by atoms with Crippen LogP contribution in [0.2, 0.25) is 0 Å². The van der Waals surface area contributed by atoms with E-state index in [2.05, 4.69) is 9.97 Å². The van der Waals surface area contributed by atoms with E-state index < -0.39 is 30.2 Å². The standard InChI is InChI=1S/C24H16N2O6S2.2Na/c27-33(28,29)23-19(16-10-5-2-6-11-16)20-18(15-8-3-1-4-9-15)14-17-12-7-13-25-21(17)22(20)26-24(23)34(30,31)32;;/h1-14H,(H,27,28,29)(H,30,31,32);;/q;2*+1/p-2. The van der Waals surface area contributed by atoms with Crippen LogP contribution in [0.15, 0.2) is 95.0 Å². The molecule has 0 fully saturated rings. The molecule has 0 spiro atoms. The predicted octanol–water partition coefficient (Wildman–Crippen LogP) is -2.07. The van der Waals surface area contributed by atoms with E-state index in [1.165, 1.54) is 18.3 Å². The van der Waals surface area contributed by atoms with Crippen molar-refractivity contribution in [2.75, 3.05) is 0 Å². The fourth-order valence-electron chi connectivity index (χ4n) is 4.07. The zero-order valence-electron chi connectivity index (χ0n) is 19.2. The Morgan fingerprint density at radius 3 is 1.81 bits per heavy atom. The summed E-state index contributed by atoms with van der Waals surface area (Å²) >= 11 is 0. The van der Waals surface area contributed by atoms with Gasteiger partial charge in [0.05, 0.1) is 15.9 Å². The smallest absolute Gasteiger partial charge is 0.744 e. The molecule has 0 amide bonds. The molecule has 0 saturated carbocycles. The van der Waals surface area contributed by atoms with E-state index in [9.17, 15) is 25.9 Å². The van der Waals surface area contributed by atoms with E-state index in [1.807, 2.05) is 0 Å². The molecule has 3 aromatic carbocycles. The van der Waals surface area contributed by atoms with Gasteiger partial charge < -0.3 is 9.11 Å². The van der Waals surface area contributed by atoms with Crippen molar-refractivity contribution in [1.29, 1.82) is 0 Å². The molecule has 0 saturated heterocycles. The summed E-state index contributed by atoms with van der Waals surface area (Å²) in [6, 6.07) is 22.1. The van der Waals surface area contributed by atoms with Crippen LogP contribution in [0.25, 0.3) is 44.1 Å². The molecular weight excluding hydrogens is 522 g/mol. The average molecular weight is 536 g/mol. The third-order valence-corrected chi connectivity index (χ3v) is 7.18. The molecule has 0 bridgehead atoms. The minimum absolute atomic E-state index is 0. The van der Waals surface area contributed by atoms with Crippen LogP contribution >= 0.6 is 0 Å². The van der Waals surface area contributed by atoms with Crippen LogP contribution in [0, 0.1) is 0 Å². The summed E-state index contributed by atoms with van der Waals surface area (Å²) in [4.78, 5) is 7.11. The molecule has 2 heterocycles. The van der Waals surface area contributed by atoms with Crippen LogP contribution in [0.5, 0.6) is 0 Å². The number of fused-ring (bicyclic) bond motifs is 3. The molecule has 0 aliphatic rings. The van der Waals surface area contributed by atoms with Gasteiger partial charge in [0.1, 0.15) is 20.2 Å². The zero-order valence-corrected chi connectivity index (χ0v) is 24.9. The average Bonchev–Trinajstić information content (AvgIpc) is 2.82. The number of hydrogen-bond acceptors (Lipinski definition) is 8. The second-order valence-electron chi connectivity index (χ2n) is 7.48. The Hall–Kier alpha value is -1.70. The van der Waals surface area contributed by atoms with E-state index in [-0.39, 0.29) is 86.7 Å². The van der Waals surface area contributed by atoms with Crippen molar-refractivity contribution >= 4 is 42.0 Å². The third-order valence-electron chi connectivity index (χ3n) is 5.39. The van der Waals surface area contributed by atoms with E-state index in [0.717, 1.165) is 0 Å². The molecule has 0 atom stereocenters. The van der Waals surface area contributed by atoms with Gasteiger partial charge in [0, 0.05) is 22.5 Å². The molecule has 0 N–H and O–H groups in total. The summed E-state index contributed by atoms with van der Waals surface area (Å²) in [6.07, 6.45) is 1.47. The minimum Gasteiger partial charge on any atom is -0.744 e. The maximum absolute atomic E-state index is 12.4. The second kappa shape index (κ2) is 11.0. The molecule has 36 heavy (non-hydrogen) atoms. The van der Waals surface area contributed by atoms with Crippen molar-refractivity contribution in [3.8, 4) is 22.3 Å². The maximum atomic E-state index is 12.4. The summed E-state index contributed by atoms with van der Waals surface area (Å²) in [5.41, 5.74) is 1.46. The van der Waals surface area contributed by atoms with Crippen molar-refractivity contribution in [2.24, 2.45) is 0 Å². The van der Waals surface area contributed by atoms with Gasteiger partial charge in [-0.25, -0.2) is 21.8 Å². The topological polar surface area (TPSA) is 140 Å². The molecule has 0 aliphatic carbocycles. The van der Waals surface area contributed by atoms with Crippen LogP contribution in [0.1, 0.15) is 0 Å². The fraction of sp³-hybridized carbons (Fsp3) is 0. The molecule has 5 aromatic rings. The van der Waals surface area contributed by atoms with Crippen LogP contribution in [-0.4, -0.2) is 35.9 Å². The normalized spacial score (nSPS) is 11.6. The molecule has 0 radical (unpaired) electrons. The van der Waals surface area contributed by atoms with Crippen molar-refractivity contribution in [2.45, 2.75) is 9.92 Å². The van der Waals surface area contributed by atoms with Crippen LogP contribution in [-0.2, 0) is 20.2 Å². The number of benzene rings is 3. The van der Waals surface area contributed by atoms with Crippen molar-refractivity contribution in [3.63, 3.8) is 0 Å². The second-order valence-corrected chi connectivity index (χ2v) is 10.1. The van der Waals surface area contributed by atoms with Gasteiger partial charge in [0.15, 0.2) is 5.03 Å². The van der Waals surface area contributed by atoms with Crippen molar-refractivity contribution < 1.29 is 85.1 Å². The summed E-state index contributed by atoms with van der Waals surface area (Å²) < 4.78 is 73.8. The molecule has 170 valence electrons. The van der Waals surface area contributed by atoms with E-state index >= 15 is 0 Å². The maximum Gasteiger partial charge on any atom is 1.00 e.